The van der Waals surface area contributed by atoms with Crippen LogP contribution in [0.1, 0.15) is 36.8 Å². The van der Waals surface area contributed by atoms with Gasteiger partial charge in [-0.05, 0) is 83.8 Å². The number of pyridine rings is 1. The van der Waals surface area contributed by atoms with Gasteiger partial charge >= 0.3 is 0 Å². The van der Waals surface area contributed by atoms with Gasteiger partial charge in [-0.25, -0.2) is 4.98 Å². The molecule has 0 spiro atoms. The largest absolute Gasteiger partial charge is 0.313 e. The van der Waals surface area contributed by atoms with E-state index < -0.39 is 0 Å². The van der Waals surface area contributed by atoms with E-state index in [1.54, 1.807) is 0 Å². The van der Waals surface area contributed by atoms with Crippen LogP contribution in [0, 0.1) is 12.8 Å². The minimum absolute atomic E-state index is 0.683. The first-order valence-electron chi connectivity index (χ1n) is 6.79. The maximum absolute atomic E-state index is 4.41. The number of rotatable bonds is 1. The number of halogens is 1. The van der Waals surface area contributed by atoms with Gasteiger partial charge in [-0.3, -0.25) is 0 Å². The molecule has 0 saturated carbocycles. The number of aromatic nitrogens is 1. The monoisotopic (exact) mass is 306 g/mol. The molecule has 1 N–H and O–H groups in total. The van der Waals surface area contributed by atoms with E-state index >= 15 is 0 Å². The van der Waals surface area contributed by atoms with Gasteiger partial charge in [0.15, 0.2) is 0 Å². The highest BCUT2D eigenvalue weighted by molar-refractivity contribution is 9.10. The van der Waals surface area contributed by atoms with Crippen LogP contribution >= 0.6 is 15.9 Å². The average molecular weight is 307 g/mol. The van der Waals surface area contributed by atoms with Gasteiger partial charge in [0.25, 0.3) is 0 Å². The number of nitrogens with one attached hydrogen (secondary N) is 1. The second-order valence-electron chi connectivity index (χ2n) is 5.46. The Kier molecular flexibility index (Phi) is 3.53. The summed E-state index contributed by atoms with van der Waals surface area (Å²) in [7, 11) is 0. The summed E-state index contributed by atoms with van der Waals surface area (Å²) in [5.74, 6) is 0.854. The molecular weight excluding hydrogens is 288 g/mol. The molecule has 1 aliphatic carbocycles. The molecule has 96 valence electrons. The molecule has 2 aliphatic rings. The van der Waals surface area contributed by atoms with Crippen molar-refractivity contribution < 1.29 is 0 Å². The first-order valence-corrected chi connectivity index (χ1v) is 7.58. The van der Waals surface area contributed by atoms with Gasteiger partial charge in [-0.2, -0.15) is 0 Å². The molecule has 2 heterocycles. The van der Waals surface area contributed by atoms with E-state index in [-0.39, 0.29) is 0 Å². The average Bonchev–Trinajstić information content (AvgIpc) is 2.41. The molecule has 3 heteroatoms. The molecule has 18 heavy (non-hydrogen) atoms. The molecule has 0 aromatic carbocycles. The van der Waals surface area contributed by atoms with Crippen LogP contribution in [0.25, 0.3) is 5.57 Å². The summed E-state index contributed by atoms with van der Waals surface area (Å²) in [6.07, 6.45) is 9.53. The van der Waals surface area contributed by atoms with Crippen LogP contribution in [0.15, 0.2) is 22.9 Å². The molecule has 0 amide bonds. The van der Waals surface area contributed by atoms with E-state index in [4.69, 9.17) is 0 Å². The lowest BCUT2D eigenvalue weighted by Gasteiger charge is -2.36. The first kappa shape index (κ1) is 12.4. The summed E-state index contributed by atoms with van der Waals surface area (Å²) in [5, 5.41) is 3.68. The number of piperidine rings is 1. The second kappa shape index (κ2) is 5.14. The highest BCUT2D eigenvalue weighted by Crippen LogP contribution is 2.34. The second-order valence-corrected chi connectivity index (χ2v) is 6.21. The van der Waals surface area contributed by atoms with Crippen molar-refractivity contribution in [2.24, 2.45) is 5.92 Å². The van der Waals surface area contributed by atoms with Crippen LogP contribution in [0.4, 0.5) is 0 Å². The topological polar surface area (TPSA) is 24.9 Å². The van der Waals surface area contributed by atoms with Crippen LogP contribution in [-0.2, 0) is 0 Å². The number of aryl methyl sites for hydroxylation is 1. The summed E-state index contributed by atoms with van der Waals surface area (Å²) in [5.41, 5.74) is 3.97. The maximum atomic E-state index is 4.41. The highest BCUT2D eigenvalue weighted by atomic mass is 79.9. The van der Waals surface area contributed by atoms with E-state index in [1.807, 2.05) is 6.20 Å². The van der Waals surface area contributed by atoms with Gasteiger partial charge in [0, 0.05) is 12.2 Å². The number of fused-ring (bicyclic) bond motifs is 1. The maximum Gasteiger partial charge on any atom is 0.109 e. The minimum atomic E-state index is 0.683. The first-order chi connectivity index (χ1) is 8.74. The number of allylic oxidation sites excluding steroid dienone is 1. The lowest BCUT2D eigenvalue weighted by molar-refractivity contribution is 0.278. The Bertz CT molecular complexity index is 481. The molecular formula is C15H19BrN2. The quantitative estimate of drug-likeness (QED) is 0.800. The minimum Gasteiger partial charge on any atom is -0.313 e. The fourth-order valence-electron chi connectivity index (χ4n) is 3.12. The molecule has 2 nitrogen and oxygen atoms in total. The molecule has 1 aromatic rings. The molecule has 1 aromatic heterocycles. The van der Waals surface area contributed by atoms with Crippen LogP contribution in [0.3, 0.4) is 0 Å². The van der Waals surface area contributed by atoms with E-state index in [1.165, 1.54) is 42.5 Å². The van der Waals surface area contributed by atoms with Crippen LogP contribution < -0.4 is 5.32 Å². The fourth-order valence-corrected chi connectivity index (χ4v) is 3.34. The van der Waals surface area contributed by atoms with Crippen molar-refractivity contribution in [2.75, 3.05) is 6.54 Å². The Morgan fingerprint density at radius 1 is 1.44 bits per heavy atom. The van der Waals surface area contributed by atoms with Crippen molar-refractivity contribution in [1.29, 1.82) is 0 Å². The number of hydrogen-bond donors (Lipinski definition) is 1. The predicted octanol–water partition coefficient (Wildman–Crippen LogP) is 3.70. The molecule has 0 radical (unpaired) electrons. The van der Waals surface area contributed by atoms with Crippen molar-refractivity contribution >= 4 is 21.5 Å². The lowest BCUT2D eigenvalue weighted by atomic mass is 9.78. The summed E-state index contributed by atoms with van der Waals surface area (Å²) < 4.78 is 0.955. The Balaban J connectivity index is 1.84. The van der Waals surface area contributed by atoms with Crippen molar-refractivity contribution in [3.05, 3.63) is 34.1 Å². The van der Waals surface area contributed by atoms with Gasteiger partial charge in [0.05, 0.1) is 0 Å². The van der Waals surface area contributed by atoms with Crippen molar-refractivity contribution in [3.8, 4) is 0 Å². The summed E-state index contributed by atoms with van der Waals surface area (Å²) in [6, 6.07) is 2.93. The molecule has 3 rings (SSSR count). The van der Waals surface area contributed by atoms with Crippen molar-refractivity contribution in [3.63, 3.8) is 0 Å². The normalized spacial score (nSPS) is 27.6. The highest BCUT2D eigenvalue weighted by Gasteiger charge is 2.28. The zero-order valence-electron chi connectivity index (χ0n) is 10.7. The third-order valence-corrected chi connectivity index (χ3v) is 5.05. The fraction of sp³-hybridized carbons (Fsp3) is 0.533. The molecule has 0 bridgehead atoms. The van der Waals surface area contributed by atoms with Crippen LogP contribution in [-0.4, -0.2) is 17.6 Å². The lowest BCUT2D eigenvalue weighted by Crippen LogP contribution is -2.42. The molecule has 2 unspecified atom stereocenters. The van der Waals surface area contributed by atoms with Gasteiger partial charge in [-0.15, -0.1) is 0 Å². The Labute approximate surface area is 117 Å². The Hall–Kier alpha value is -0.670. The zero-order valence-corrected chi connectivity index (χ0v) is 12.3. The third-order valence-electron chi connectivity index (χ3n) is 4.22. The van der Waals surface area contributed by atoms with Crippen LogP contribution in [0.2, 0.25) is 0 Å². The smallest absolute Gasteiger partial charge is 0.109 e. The molecule has 1 fully saturated rings. The zero-order chi connectivity index (χ0) is 12.5. The number of hydrogen-bond acceptors (Lipinski definition) is 2. The van der Waals surface area contributed by atoms with E-state index in [9.17, 15) is 0 Å². The van der Waals surface area contributed by atoms with E-state index in [2.05, 4.69) is 45.3 Å². The Morgan fingerprint density at radius 2 is 2.33 bits per heavy atom. The molecule has 2 atom stereocenters. The van der Waals surface area contributed by atoms with E-state index in [0.29, 0.717) is 6.04 Å². The van der Waals surface area contributed by atoms with Crippen LogP contribution in [0.5, 0.6) is 0 Å². The Morgan fingerprint density at radius 3 is 3.17 bits per heavy atom. The summed E-state index contributed by atoms with van der Waals surface area (Å²) in [4.78, 5) is 4.41. The van der Waals surface area contributed by atoms with Crippen molar-refractivity contribution in [1.82, 2.24) is 10.3 Å². The standard InChI is InChI=1S/C15H19BrN2/c1-10-7-13(9-18-15(10)16)12-5-4-11-3-2-6-17-14(11)8-12/h5,7,9,11,14,17H,2-4,6,8H2,1H3. The molecule has 1 saturated heterocycles. The summed E-state index contributed by atoms with van der Waals surface area (Å²) in [6.45, 7) is 3.29. The van der Waals surface area contributed by atoms with Gasteiger partial charge < -0.3 is 5.32 Å². The van der Waals surface area contributed by atoms with Gasteiger partial charge in [0.1, 0.15) is 4.60 Å². The van der Waals surface area contributed by atoms with Gasteiger partial charge in [-0.1, -0.05) is 6.08 Å². The van der Waals surface area contributed by atoms with Crippen molar-refractivity contribution in [2.45, 2.75) is 38.6 Å². The third kappa shape index (κ3) is 2.39. The number of nitrogens with zero attached hydrogens (tertiary/aromatic N) is 1. The van der Waals surface area contributed by atoms with E-state index in [0.717, 1.165) is 16.9 Å². The predicted molar refractivity (Wildman–Crippen MR) is 78.4 cm³/mol. The van der Waals surface area contributed by atoms with Gasteiger partial charge in [0.2, 0.25) is 0 Å². The summed E-state index contributed by atoms with van der Waals surface area (Å²) >= 11 is 3.47. The SMILES string of the molecule is Cc1cc(C2=CCC3CCCNC3C2)cnc1Br. The molecule has 1 aliphatic heterocycles.